The minimum atomic E-state index is -0.654. The van der Waals surface area contributed by atoms with Gasteiger partial charge in [0.2, 0.25) is 0 Å². The van der Waals surface area contributed by atoms with Gasteiger partial charge in [0.25, 0.3) is 0 Å². The van der Waals surface area contributed by atoms with E-state index in [9.17, 15) is 9.59 Å². The molecule has 1 aliphatic rings. The van der Waals surface area contributed by atoms with E-state index in [4.69, 9.17) is 10.7 Å². The highest BCUT2D eigenvalue weighted by molar-refractivity contribution is 7.18. The molecule has 186 valence electrons. The number of hydrogen-bond donors (Lipinski definition) is 2. The smallest absolute Gasteiger partial charge is 0.313 e. The number of nitrogens with zero attached hydrogens (tertiary/aromatic N) is 4. The number of likely N-dealkylation sites (tertiary alicyclic amines) is 1. The van der Waals surface area contributed by atoms with E-state index >= 15 is 0 Å². The normalized spacial score (nSPS) is 18.3. The molecule has 1 aromatic carbocycles. The van der Waals surface area contributed by atoms with Crippen molar-refractivity contribution in [1.29, 1.82) is 0 Å². The Morgan fingerprint density at radius 3 is 2.80 bits per heavy atom. The maximum Gasteiger partial charge on any atom is 0.313 e. The molecule has 0 bridgehead atoms. The number of anilines is 2. The van der Waals surface area contributed by atoms with Gasteiger partial charge in [-0.25, -0.2) is 9.97 Å². The first-order chi connectivity index (χ1) is 16.7. The highest BCUT2D eigenvalue weighted by Gasteiger charge is 2.34. The van der Waals surface area contributed by atoms with Crippen LogP contribution in [0.5, 0.6) is 0 Å². The molecule has 9 heteroatoms. The fourth-order valence-electron chi connectivity index (χ4n) is 4.54. The number of rotatable bonds is 6. The van der Waals surface area contributed by atoms with Crippen molar-refractivity contribution >= 4 is 44.9 Å². The second-order valence-electron chi connectivity index (χ2n) is 9.62. The molecule has 1 unspecified atom stereocenters. The third-order valence-corrected chi connectivity index (χ3v) is 7.62. The molecule has 1 aliphatic heterocycles. The number of fused-ring (bicyclic) bond motifs is 1. The predicted molar refractivity (Wildman–Crippen MR) is 141 cm³/mol. The third-order valence-electron chi connectivity index (χ3n) is 6.53. The average Bonchev–Trinajstić information content (AvgIpc) is 3.25. The first-order valence-electron chi connectivity index (χ1n) is 12.2. The molecule has 2 amide bonds. The standard InChI is InChI=1S/C26H34N6O2S/c1-5-17-12-19(14-28-24(17)27)29-25(33)26(34)32-15-16(2)6-8-21(32)18-7-9-22-20(13-18)30-23(35-22)10-11-31(3)4/h7,9,12-14,16,21H,5-6,8,10-11,15H2,1-4H3,(H2,27,28)(H,29,33)/t16-,21?/m1/s1. The Labute approximate surface area is 210 Å². The molecule has 2 aromatic heterocycles. The fourth-order valence-corrected chi connectivity index (χ4v) is 5.47. The monoisotopic (exact) mass is 494 g/mol. The summed E-state index contributed by atoms with van der Waals surface area (Å²) < 4.78 is 1.14. The summed E-state index contributed by atoms with van der Waals surface area (Å²) in [6, 6.07) is 7.87. The first kappa shape index (κ1) is 25.1. The van der Waals surface area contributed by atoms with Crippen molar-refractivity contribution in [2.45, 2.75) is 45.6 Å². The van der Waals surface area contributed by atoms with Crippen LogP contribution in [0, 0.1) is 5.92 Å². The van der Waals surface area contributed by atoms with Gasteiger partial charge in [0, 0.05) is 19.5 Å². The van der Waals surface area contributed by atoms with E-state index in [2.05, 4.69) is 54.4 Å². The molecule has 0 saturated carbocycles. The van der Waals surface area contributed by atoms with Gasteiger partial charge in [-0.2, -0.15) is 0 Å². The van der Waals surface area contributed by atoms with Crippen LogP contribution >= 0.6 is 11.3 Å². The summed E-state index contributed by atoms with van der Waals surface area (Å²) in [7, 11) is 4.12. The minimum Gasteiger partial charge on any atom is -0.383 e. The molecular weight excluding hydrogens is 460 g/mol. The van der Waals surface area contributed by atoms with E-state index in [1.54, 1.807) is 22.3 Å². The molecule has 3 aromatic rings. The van der Waals surface area contributed by atoms with Crippen LogP contribution in [0.1, 0.15) is 48.9 Å². The lowest BCUT2D eigenvalue weighted by Gasteiger charge is -2.38. The first-order valence-corrected chi connectivity index (χ1v) is 13.0. The van der Waals surface area contributed by atoms with Crippen molar-refractivity contribution < 1.29 is 9.59 Å². The molecule has 4 rings (SSSR count). The molecular formula is C26H34N6O2S. The highest BCUT2D eigenvalue weighted by atomic mass is 32.1. The quantitative estimate of drug-likeness (QED) is 0.504. The Bertz CT molecular complexity index is 1220. The number of benzene rings is 1. The summed E-state index contributed by atoms with van der Waals surface area (Å²) in [6.45, 7) is 5.58. The van der Waals surface area contributed by atoms with Gasteiger partial charge in [-0.05, 0) is 68.6 Å². The van der Waals surface area contributed by atoms with Crippen LogP contribution in [-0.4, -0.2) is 58.8 Å². The number of nitrogens with one attached hydrogen (secondary N) is 1. The SMILES string of the molecule is CCc1cc(NC(=O)C(=O)N2C[C@H](C)CCC2c2ccc3sc(CCN(C)C)nc3c2)cnc1N. The van der Waals surface area contributed by atoms with Gasteiger partial charge in [-0.3, -0.25) is 9.59 Å². The van der Waals surface area contributed by atoms with E-state index < -0.39 is 11.8 Å². The summed E-state index contributed by atoms with van der Waals surface area (Å²) in [5.41, 5.74) is 9.16. The molecule has 35 heavy (non-hydrogen) atoms. The zero-order valence-corrected chi connectivity index (χ0v) is 21.7. The number of nitrogen functional groups attached to an aromatic ring is 1. The van der Waals surface area contributed by atoms with Crippen LogP contribution in [0.3, 0.4) is 0 Å². The number of aryl methyl sites for hydroxylation is 1. The van der Waals surface area contributed by atoms with Crippen LogP contribution in [0.2, 0.25) is 0 Å². The van der Waals surface area contributed by atoms with Crippen molar-refractivity contribution in [3.63, 3.8) is 0 Å². The Balaban J connectivity index is 1.54. The van der Waals surface area contributed by atoms with Crippen molar-refractivity contribution in [1.82, 2.24) is 19.8 Å². The number of carbonyl (C=O) groups is 2. The second-order valence-corrected chi connectivity index (χ2v) is 10.7. The van der Waals surface area contributed by atoms with Gasteiger partial charge < -0.3 is 20.9 Å². The Morgan fingerprint density at radius 1 is 1.26 bits per heavy atom. The van der Waals surface area contributed by atoms with Crippen LogP contribution in [-0.2, 0) is 22.4 Å². The molecule has 2 atom stereocenters. The highest BCUT2D eigenvalue weighted by Crippen LogP contribution is 2.35. The fraction of sp³-hybridized carbons (Fsp3) is 0.462. The number of amides is 2. The summed E-state index contributed by atoms with van der Waals surface area (Å²) in [5.74, 6) is -0.419. The number of likely N-dealkylation sites (N-methyl/N-ethyl adjacent to an activating group) is 1. The van der Waals surface area contributed by atoms with Gasteiger partial charge in [-0.1, -0.05) is 19.9 Å². The molecule has 3 N–H and O–H groups in total. The summed E-state index contributed by atoms with van der Waals surface area (Å²) in [5, 5.41) is 3.83. The number of thiazole rings is 1. The average molecular weight is 495 g/mol. The number of hydrogen-bond acceptors (Lipinski definition) is 7. The number of piperidine rings is 1. The predicted octanol–water partition coefficient (Wildman–Crippen LogP) is 3.88. The number of pyridine rings is 1. The van der Waals surface area contributed by atoms with Crippen LogP contribution in [0.15, 0.2) is 30.5 Å². The maximum absolute atomic E-state index is 13.3. The van der Waals surface area contributed by atoms with E-state index in [0.29, 0.717) is 30.4 Å². The number of carbonyl (C=O) groups excluding carboxylic acids is 2. The summed E-state index contributed by atoms with van der Waals surface area (Å²) in [4.78, 5) is 39.1. The lowest BCUT2D eigenvalue weighted by molar-refractivity contribution is -0.146. The topological polar surface area (TPSA) is 104 Å². The second kappa shape index (κ2) is 10.7. The van der Waals surface area contributed by atoms with Crippen LogP contribution in [0.4, 0.5) is 11.5 Å². The van der Waals surface area contributed by atoms with Crippen LogP contribution < -0.4 is 11.1 Å². The zero-order valence-electron chi connectivity index (χ0n) is 20.9. The number of aromatic nitrogens is 2. The minimum absolute atomic E-state index is 0.156. The molecule has 3 heterocycles. The van der Waals surface area contributed by atoms with Gasteiger partial charge in [-0.15, -0.1) is 11.3 Å². The van der Waals surface area contributed by atoms with Crippen LogP contribution in [0.25, 0.3) is 10.2 Å². The van der Waals surface area contributed by atoms with Gasteiger partial charge in [0.1, 0.15) is 5.82 Å². The molecule has 1 saturated heterocycles. The molecule has 0 aliphatic carbocycles. The van der Waals surface area contributed by atoms with Crippen molar-refractivity contribution in [3.8, 4) is 0 Å². The van der Waals surface area contributed by atoms with Gasteiger partial charge in [0.05, 0.1) is 33.2 Å². The number of nitrogens with two attached hydrogens (primary N) is 1. The largest absolute Gasteiger partial charge is 0.383 e. The van der Waals surface area contributed by atoms with Crippen molar-refractivity contribution in [3.05, 3.63) is 46.6 Å². The van der Waals surface area contributed by atoms with E-state index in [1.165, 1.54) is 6.20 Å². The Kier molecular flexibility index (Phi) is 7.66. The third kappa shape index (κ3) is 5.79. The molecule has 8 nitrogen and oxygen atoms in total. The molecule has 0 spiro atoms. The van der Waals surface area contributed by atoms with Crippen molar-refractivity contribution in [2.75, 3.05) is 38.2 Å². The van der Waals surface area contributed by atoms with E-state index in [-0.39, 0.29) is 6.04 Å². The van der Waals surface area contributed by atoms with Crippen molar-refractivity contribution in [2.24, 2.45) is 5.92 Å². The Hall–Kier alpha value is -3.04. The molecule has 1 fully saturated rings. The summed E-state index contributed by atoms with van der Waals surface area (Å²) >= 11 is 1.71. The lowest BCUT2D eigenvalue weighted by Crippen LogP contribution is -2.46. The zero-order chi connectivity index (χ0) is 25.1. The van der Waals surface area contributed by atoms with Gasteiger partial charge >= 0.3 is 11.8 Å². The van der Waals surface area contributed by atoms with E-state index in [1.807, 2.05) is 6.92 Å². The maximum atomic E-state index is 13.3. The van der Waals surface area contributed by atoms with E-state index in [0.717, 1.165) is 52.2 Å². The molecule has 0 radical (unpaired) electrons. The lowest BCUT2D eigenvalue weighted by atomic mass is 9.89. The summed E-state index contributed by atoms with van der Waals surface area (Å²) in [6.07, 6.45) is 4.90. The van der Waals surface area contributed by atoms with Gasteiger partial charge in [0.15, 0.2) is 0 Å². The Morgan fingerprint density at radius 2 is 2.06 bits per heavy atom.